The first-order valence-electron chi connectivity index (χ1n) is 3.17. The Morgan fingerprint density at radius 3 is 3.18 bits per heavy atom. The van der Waals surface area contributed by atoms with Crippen LogP contribution in [0.25, 0.3) is 0 Å². The van der Waals surface area contributed by atoms with Gasteiger partial charge in [-0.25, -0.2) is 4.68 Å². The molecule has 5 nitrogen and oxygen atoms in total. The molecule has 0 fully saturated rings. The molecule has 0 atom stereocenters. The lowest BCUT2D eigenvalue weighted by molar-refractivity contribution is 0.558. The Morgan fingerprint density at radius 2 is 2.55 bits per heavy atom. The van der Waals surface area contributed by atoms with E-state index in [9.17, 15) is 0 Å². The highest BCUT2D eigenvalue weighted by atomic mass is 16.3. The first kappa shape index (κ1) is 6.09. The van der Waals surface area contributed by atoms with Gasteiger partial charge in [0.2, 0.25) is 0 Å². The van der Waals surface area contributed by atoms with Crippen molar-refractivity contribution >= 4 is 0 Å². The number of hydrogen-bond donors (Lipinski definition) is 0. The molecule has 2 aromatic rings. The van der Waals surface area contributed by atoms with Gasteiger partial charge in [-0.2, -0.15) is 0 Å². The molecule has 0 radical (unpaired) electrons. The van der Waals surface area contributed by atoms with E-state index in [1.165, 1.54) is 0 Å². The minimum atomic E-state index is 0.656. The summed E-state index contributed by atoms with van der Waals surface area (Å²) >= 11 is 0. The smallest absolute Gasteiger partial charge is 0.138 e. The van der Waals surface area contributed by atoms with Crippen LogP contribution in [-0.4, -0.2) is 20.2 Å². The molecule has 0 saturated heterocycles. The molecule has 2 heterocycles. The molecule has 0 aliphatic carbocycles. The minimum Gasteiger partial charge on any atom is -0.472 e. The van der Waals surface area contributed by atoms with Crippen molar-refractivity contribution in [2.45, 2.75) is 6.54 Å². The topological polar surface area (TPSA) is 56.7 Å². The normalized spacial score (nSPS) is 10.2. The van der Waals surface area contributed by atoms with Gasteiger partial charge in [-0.3, -0.25) is 0 Å². The van der Waals surface area contributed by atoms with Crippen LogP contribution in [0.3, 0.4) is 0 Å². The van der Waals surface area contributed by atoms with E-state index in [-0.39, 0.29) is 0 Å². The lowest BCUT2D eigenvalue weighted by Gasteiger charge is -1.91. The Labute approximate surface area is 62.6 Å². The predicted octanol–water partition coefficient (Wildman–Crippen LogP) is 0.314. The van der Waals surface area contributed by atoms with Gasteiger partial charge in [0.1, 0.15) is 6.33 Å². The molecule has 0 aromatic carbocycles. The van der Waals surface area contributed by atoms with E-state index in [4.69, 9.17) is 4.42 Å². The molecule has 2 aromatic heterocycles. The summed E-state index contributed by atoms with van der Waals surface area (Å²) in [6, 6.07) is 1.88. The van der Waals surface area contributed by atoms with E-state index < -0.39 is 0 Å². The van der Waals surface area contributed by atoms with E-state index in [0.717, 1.165) is 5.56 Å². The number of aromatic nitrogens is 4. The van der Waals surface area contributed by atoms with Crippen LogP contribution in [0.5, 0.6) is 0 Å². The summed E-state index contributed by atoms with van der Waals surface area (Å²) in [4.78, 5) is 0. The van der Waals surface area contributed by atoms with Crippen LogP contribution in [0.4, 0.5) is 0 Å². The maximum atomic E-state index is 4.88. The number of tetrazole rings is 1. The molecule has 11 heavy (non-hydrogen) atoms. The van der Waals surface area contributed by atoms with Gasteiger partial charge < -0.3 is 4.42 Å². The van der Waals surface area contributed by atoms with Gasteiger partial charge in [-0.05, 0) is 16.5 Å². The van der Waals surface area contributed by atoms with Crippen molar-refractivity contribution < 1.29 is 4.42 Å². The zero-order chi connectivity index (χ0) is 7.52. The molecule has 0 unspecified atom stereocenters. The van der Waals surface area contributed by atoms with Crippen LogP contribution >= 0.6 is 0 Å². The highest BCUT2D eigenvalue weighted by Crippen LogP contribution is 2.00. The van der Waals surface area contributed by atoms with Crippen molar-refractivity contribution in [1.82, 2.24) is 20.2 Å². The van der Waals surface area contributed by atoms with Gasteiger partial charge in [0.15, 0.2) is 0 Å². The van der Waals surface area contributed by atoms with Crippen molar-refractivity contribution in [2.24, 2.45) is 0 Å². The minimum absolute atomic E-state index is 0.656. The fourth-order valence-corrected chi connectivity index (χ4v) is 0.822. The second-order valence-corrected chi connectivity index (χ2v) is 2.14. The van der Waals surface area contributed by atoms with Crippen molar-refractivity contribution in [3.8, 4) is 0 Å². The Morgan fingerprint density at radius 1 is 1.55 bits per heavy atom. The summed E-state index contributed by atoms with van der Waals surface area (Å²) in [6.07, 6.45) is 4.86. The third-order valence-electron chi connectivity index (χ3n) is 1.32. The van der Waals surface area contributed by atoms with Crippen LogP contribution in [0, 0.1) is 0 Å². The van der Waals surface area contributed by atoms with Crippen LogP contribution in [0.2, 0.25) is 0 Å². The van der Waals surface area contributed by atoms with Gasteiger partial charge in [0, 0.05) is 5.56 Å². The highest BCUT2D eigenvalue weighted by molar-refractivity contribution is 5.04. The number of rotatable bonds is 2. The van der Waals surface area contributed by atoms with Crippen LogP contribution in [0.1, 0.15) is 5.56 Å². The second-order valence-electron chi connectivity index (χ2n) is 2.14. The molecular weight excluding hydrogens is 144 g/mol. The SMILES string of the molecule is c1cc(Cn2cnnn2)co1. The summed E-state index contributed by atoms with van der Waals surface area (Å²) in [7, 11) is 0. The number of furan rings is 1. The van der Waals surface area contributed by atoms with Gasteiger partial charge in [0.25, 0.3) is 0 Å². The largest absolute Gasteiger partial charge is 0.472 e. The molecule has 0 amide bonds. The molecule has 56 valence electrons. The Hall–Kier alpha value is -1.65. The van der Waals surface area contributed by atoms with Gasteiger partial charge >= 0.3 is 0 Å². The zero-order valence-corrected chi connectivity index (χ0v) is 5.71. The van der Waals surface area contributed by atoms with E-state index in [0.29, 0.717) is 6.54 Å². The Balaban J connectivity index is 2.14. The molecule has 0 aliphatic rings. The van der Waals surface area contributed by atoms with E-state index in [1.54, 1.807) is 23.5 Å². The summed E-state index contributed by atoms with van der Waals surface area (Å²) in [5.41, 5.74) is 1.05. The molecule has 2 rings (SSSR count). The maximum absolute atomic E-state index is 4.88. The van der Waals surface area contributed by atoms with Crippen molar-refractivity contribution in [2.75, 3.05) is 0 Å². The molecule has 0 spiro atoms. The van der Waals surface area contributed by atoms with E-state index in [2.05, 4.69) is 15.5 Å². The van der Waals surface area contributed by atoms with Gasteiger partial charge in [0.05, 0.1) is 19.1 Å². The quantitative estimate of drug-likeness (QED) is 0.618. The third-order valence-corrected chi connectivity index (χ3v) is 1.32. The maximum Gasteiger partial charge on any atom is 0.138 e. The summed E-state index contributed by atoms with van der Waals surface area (Å²) in [5, 5.41) is 10.7. The van der Waals surface area contributed by atoms with Crippen molar-refractivity contribution in [1.29, 1.82) is 0 Å². The second kappa shape index (κ2) is 2.53. The van der Waals surface area contributed by atoms with Crippen molar-refractivity contribution in [3.63, 3.8) is 0 Å². The Kier molecular flexibility index (Phi) is 1.40. The molecule has 0 saturated carbocycles. The summed E-state index contributed by atoms with van der Waals surface area (Å²) in [5.74, 6) is 0. The zero-order valence-electron chi connectivity index (χ0n) is 5.71. The van der Waals surface area contributed by atoms with Gasteiger partial charge in [-0.15, -0.1) is 5.10 Å². The molecule has 0 aliphatic heterocycles. The van der Waals surface area contributed by atoms with Crippen LogP contribution in [-0.2, 0) is 6.54 Å². The average Bonchev–Trinajstić information content (AvgIpc) is 2.60. The fourth-order valence-electron chi connectivity index (χ4n) is 0.822. The molecular formula is C6H6N4O. The highest BCUT2D eigenvalue weighted by Gasteiger charge is 1.95. The van der Waals surface area contributed by atoms with Gasteiger partial charge in [-0.1, -0.05) is 0 Å². The number of hydrogen-bond acceptors (Lipinski definition) is 4. The summed E-state index contributed by atoms with van der Waals surface area (Å²) in [6.45, 7) is 0.656. The third kappa shape index (κ3) is 1.26. The summed E-state index contributed by atoms with van der Waals surface area (Å²) < 4.78 is 6.51. The molecule has 5 heteroatoms. The first-order chi connectivity index (χ1) is 5.45. The van der Waals surface area contributed by atoms with E-state index in [1.807, 2.05) is 6.07 Å². The average molecular weight is 150 g/mol. The first-order valence-corrected chi connectivity index (χ1v) is 3.17. The standard InChI is InChI=1S/C6H6N4O/c1-2-11-4-6(1)3-10-5-7-8-9-10/h1-2,4-5H,3H2. The van der Waals surface area contributed by atoms with Crippen molar-refractivity contribution in [3.05, 3.63) is 30.5 Å². The number of nitrogens with zero attached hydrogens (tertiary/aromatic N) is 4. The van der Waals surface area contributed by atoms with Crippen LogP contribution < -0.4 is 0 Å². The Bertz CT molecular complexity index is 267. The van der Waals surface area contributed by atoms with E-state index >= 15 is 0 Å². The lowest BCUT2D eigenvalue weighted by atomic mass is 10.3. The fraction of sp³-hybridized carbons (Fsp3) is 0.167. The molecule has 0 N–H and O–H groups in total. The lowest BCUT2D eigenvalue weighted by Crippen LogP contribution is -1.98. The molecule has 0 bridgehead atoms. The predicted molar refractivity (Wildman–Crippen MR) is 35.6 cm³/mol. The monoisotopic (exact) mass is 150 g/mol. The van der Waals surface area contributed by atoms with Crippen LogP contribution in [0.15, 0.2) is 29.3 Å².